The molecule has 0 spiro atoms. The molecular weight excluding hydrogens is 611 g/mol. The zero-order chi connectivity index (χ0) is 32.6. The Morgan fingerprint density at radius 2 is 1.87 bits per heavy atom. The fourth-order valence-electron chi connectivity index (χ4n) is 5.64. The standard InChI is InChI=1S/C30H26F7N5O3/c31-16-8-14(9-17(32)12-16)10-21(25-18(2-1-7-39-25)15-3-4-20(33)19(11-15)29(38)45)40-23(44)13-42-27-24(26(41-42)28(34)35)22(43)5-6-30(27,36)37/h1-4,7-9,11-12,19-22,28,43H,5-6,10,13H2,(H2,38,45)(H,40,44)/t19?,20?,21-,22?/m0/s1. The van der Waals surface area contributed by atoms with E-state index in [1.165, 1.54) is 30.5 Å². The molecule has 15 heteroatoms. The van der Waals surface area contributed by atoms with Crippen LogP contribution in [-0.2, 0) is 28.5 Å². The van der Waals surface area contributed by atoms with Crippen LogP contribution in [-0.4, -0.2) is 37.9 Å². The molecule has 2 amide bonds. The minimum Gasteiger partial charge on any atom is -0.388 e. The largest absolute Gasteiger partial charge is 0.388 e. The molecule has 5 rings (SSSR count). The number of pyridine rings is 1. The highest BCUT2D eigenvalue weighted by Crippen LogP contribution is 2.47. The third kappa shape index (κ3) is 6.62. The number of nitrogens with one attached hydrogen (secondary N) is 1. The summed E-state index contributed by atoms with van der Waals surface area (Å²) in [5, 5.41) is 16.3. The van der Waals surface area contributed by atoms with Crippen LogP contribution in [0.4, 0.5) is 30.7 Å². The Labute approximate surface area is 251 Å². The summed E-state index contributed by atoms with van der Waals surface area (Å²) in [6.45, 7) is -0.983. The van der Waals surface area contributed by atoms with Gasteiger partial charge >= 0.3 is 0 Å². The van der Waals surface area contributed by atoms with E-state index in [1.54, 1.807) is 0 Å². The number of allylic oxidation sites excluding steroid dienone is 3. The van der Waals surface area contributed by atoms with Crippen molar-refractivity contribution in [2.75, 3.05) is 0 Å². The number of nitrogens with two attached hydrogens (primary N) is 1. The summed E-state index contributed by atoms with van der Waals surface area (Å²) >= 11 is 0. The number of hydrogen-bond acceptors (Lipinski definition) is 5. The van der Waals surface area contributed by atoms with Crippen LogP contribution < -0.4 is 11.1 Å². The third-order valence-corrected chi connectivity index (χ3v) is 7.60. The first-order valence-electron chi connectivity index (χ1n) is 13.7. The molecule has 4 atom stereocenters. The van der Waals surface area contributed by atoms with Gasteiger partial charge in [0.05, 0.1) is 23.8 Å². The number of aliphatic hydroxyl groups excluding tert-OH is 1. The Hall–Kier alpha value is -4.53. The Kier molecular flexibility index (Phi) is 8.83. The van der Waals surface area contributed by atoms with Crippen LogP contribution in [0, 0.1) is 17.6 Å². The van der Waals surface area contributed by atoms with Gasteiger partial charge in [0, 0.05) is 29.8 Å². The molecule has 45 heavy (non-hydrogen) atoms. The molecule has 4 N–H and O–H groups in total. The van der Waals surface area contributed by atoms with Gasteiger partial charge in [0.2, 0.25) is 11.8 Å². The summed E-state index contributed by atoms with van der Waals surface area (Å²) in [5.74, 6) is -8.79. The number of aromatic nitrogens is 3. The molecule has 2 heterocycles. The second-order valence-electron chi connectivity index (χ2n) is 10.8. The highest BCUT2D eigenvalue weighted by Gasteiger charge is 2.47. The fourth-order valence-corrected chi connectivity index (χ4v) is 5.64. The number of halogens is 7. The number of rotatable bonds is 9. The maximum absolute atomic E-state index is 14.9. The van der Waals surface area contributed by atoms with Crippen LogP contribution in [0.5, 0.6) is 0 Å². The number of fused-ring (bicyclic) bond motifs is 1. The molecule has 3 unspecified atom stereocenters. The third-order valence-electron chi connectivity index (χ3n) is 7.60. The summed E-state index contributed by atoms with van der Waals surface area (Å²) in [6.07, 6.45) is -3.24. The van der Waals surface area contributed by atoms with Gasteiger partial charge in [-0.15, -0.1) is 0 Å². The van der Waals surface area contributed by atoms with Crippen LogP contribution in [0.15, 0.2) is 54.8 Å². The smallest absolute Gasteiger partial charge is 0.289 e. The summed E-state index contributed by atoms with van der Waals surface area (Å²) < 4.78 is 100. The lowest BCUT2D eigenvalue weighted by Crippen LogP contribution is -2.36. The minimum absolute atomic E-state index is 0.0625. The molecular formula is C30H26F7N5O3. The van der Waals surface area contributed by atoms with Crippen molar-refractivity contribution in [3.8, 4) is 0 Å². The van der Waals surface area contributed by atoms with Crippen molar-refractivity contribution in [3.05, 3.63) is 100 Å². The van der Waals surface area contributed by atoms with Crippen molar-refractivity contribution < 1.29 is 45.4 Å². The average molecular weight is 638 g/mol. The number of nitrogens with zero attached hydrogens (tertiary/aromatic N) is 3. The molecule has 8 nitrogen and oxygen atoms in total. The van der Waals surface area contributed by atoms with Crippen LogP contribution >= 0.6 is 0 Å². The molecule has 2 aliphatic rings. The van der Waals surface area contributed by atoms with E-state index in [0.717, 1.165) is 18.2 Å². The van der Waals surface area contributed by atoms with E-state index >= 15 is 0 Å². The van der Waals surface area contributed by atoms with Gasteiger partial charge in [-0.1, -0.05) is 18.2 Å². The quantitative estimate of drug-likeness (QED) is 0.288. The molecule has 0 aliphatic heterocycles. The monoisotopic (exact) mass is 637 g/mol. The summed E-state index contributed by atoms with van der Waals surface area (Å²) in [6, 6.07) is 4.45. The van der Waals surface area contributed by atoms with Gasteiger partial charge in [-0.25, -0.2) is 22.0 Å². The van der Waals surface area contributed by atoms with E-state index in [2.05, 4.69) is 15.4 Å². The molecule has 0 bridgehead atoms. The van der Waals surface area contributed by atoms with Crippen molar-refractivity contribution in [3.63, 3.8) is 0 Å². The van der Waals surface area contributed by atoms with E-state index in [9.17, 15) is 45.4 Å². The zero-order valence-electron chi connectivity index (χ0n) is 23.2. The second-order valence-corrected chi connectivity index (χ2v) is 10.8. The predicted molar refractivity (Wildman–Crippen MR) is 145 cm³/mol. The molecule has 0 fully saturated rings. The van der Waals surface area contributed by atoms with E-state index in [0.29, 0.717) is 10.7 Å². The van der Waals surface area contributed by atoms with Crippen molar-refractivity contribution >= 4 is 17.4 Å². The predicted octanol–water partition coefficient (Wildman–Crippen LogP) is 4.91. The summed E-state index contributed by atoms with van der Waals surface area (Å²) in [5.41, 5.74) is 3.23. The number of carbonyl (C=O) groups excluding carboxylic acids is 2. The normalized spacial score (nSPS) is 21.3. The molecule has 3 aromatic rings. The molecule has 2 aliphatic carbocycles. The number of alkyl halides is 5. The first-order chi connectivity index (χ1) is 21.2. The maximum Gasteiger partial charge on any atom is 0.289 e. The SMILES string of the molecule is NC(=O)C1C=C(c2cccnc2[C@H](Cc2cc(F)cc(F)c2)NC(=O)Cn2nc(C(F)F)c3c2C(F)(F)CCC3O)C=CC1F. The topological polar surface area (TPSA) is 123 Å². The lowest BCUT2D eigenvalue weighted by molar-refractivity contribution is -0.123. The summed E-state index contributed by atoms with van der Waals surface area (Å²) in [4.78, 5) is 29.5. The fraction of sp³-hybridized carbons (Fsp3) is 0.333. The maximum atomic E-state index is 14.9. The van der Waals surface area contributed by atoms with Crippen LogP contribution in [0.2, 0.25) is 0 Å². The van der Waals surface area contributed by atoms with Crippen molar-refractivity contribution in [2.45, 2.75) is 56.5 Å². The Morgan fingerprint density at radius 1 is 1.16 bits per heavy atom. The highest BCUT2D eigenvalue weighted by atomic mass is 19.3. The van der Waals surface area contributed by atoms with Gasteiger partial charge in [0.25, 0.3) is 12.3 Å². The molecule has 0 radical (unpaired) electrons. The molecule has 0 saturated carbocycles. The van der Waals surface area contributed by atoms with Crippen molar-refractivity contribution in [2.24, 2.45) is 11.7 Å². The number of hydrogen-bond donors (Lipinski definition) is 3. The van der Waals surface area contributed by atoms with Gasteiger partial charge in [0.15, 0.2) is 0 Å². The van der Waals surface area contributed by atoms with Crippen molar-refractivity contribution in [1.82, 2.24) is 20.1 Å². The minimum atomic E-state index is -3.67. The highest BCUT2D eigenvalue weighted by molar-refractivity contribution is 5.86. The average Bonchev–Trinajstić information content (AvgIpc) is 3.36. The lowest BCUT2D eigenvalue weighted by Gasteiger charge is -2.27. The van der Waals surface area contributed by atoms with Gasteiger partial charge in [0.1, 0.15) is 35.7 Å². The first kappa shape index (κ1) is 31.9. The number of carbonyl (C=O) groups is 2. The van der Waals surface area contributed by atoms with E-state index in [4.69, 9.17) is 5.73 Å². The Morgan fingerprint density at radius 3 is 2.53 bits per heavy atom. The first-order valence-corrected chi connectivity index (χ1v) is 13.7. The lowest BCUT2D eigenvalue weighted by atomic mass is 9.88. The van der Waals surface area contributed by atoms with Crippen LogP contribution in [0.3, 0.4) is 0 Å². The summed E-state index contributed by atoms with van der Waals surface area (Å²) in [7, 11) is 0. The number of amides is 2. The number of aliphatic hydroxyl groups is 1. The Balaban J connectivity index is 1.53. The zero-order valence-corrected chi connectivity index (χ0v) is 23.2. The van der Waals surface area contributed by atoms with Gasteiger partial charge in [-0.3, -0.25) is 19.3 Å². The van der Waals surface area contributed by atoms with Crippen LogP contribution in [0.1, 0.15) is 65.2 Å². The molecule has 1 aromatic carbocycles. The number of benzene rings is 1. The van der Waals surface area contributed by atoms with Gasteiger partial charge in [-0.2, -0.15) is 13.9 Å². The van der Waals surface area contributed by atoms with Crippen LogP contribution in [0.25, 0.3) is 5.57 Å². The molecule has 238 valence electrons. The van der Waals surface area contributed by atoms with Crippen molar-refractivity contribution in [1.29, 1.82) is 0 Å². The van der Waals surface area contributed by atoms with Gasteiger partial charge in [-0.05, 0) is 48.3 Å². The Bertz CT molecular complexity index is 1670. The van der Waals surface area contributed by atoms with E-state index < -0.39 is 96.4 Å². The van der Waals surface area contributed by atoms with E-state index in [-0.39, 0.29) is 28.8 Å². The number of primary amides is 1. The second kappa shape index (κ2) is 12.5. The molecule has 2 aromatic heterocycles. The van der Waals surface area contributed by atoms with Gasteiger partial charge < -0.3 is 16.2 Å². The van der Waals surface area contributed by atoms with E-state index in [1.807, 2.05) is 0 Å². The molecule has 0 saturated heterocycles.